The van der Waals surface area contributed by atoms with Crippen LogP contribution in [0.25, 0.3) is 0 Å². The molecule has 2 rings (SSSR count). The average molecular weight is 343 g/mol. The van der Waals surface area contributed by atoms with Gasteiger partial charge in [0.2, 0.25) is 5.91 Å². The van der Waals surface area contributed by atoms with Gasteiger partial charge >= 0.3 is 5.97 Å². The maximum absolute atomic E-state index is 12.1. The maximum Gasteiger partial charge on any atom is 0.341 e. The van der Waals surface area contributed by atoms with Gasteiger partial charge in [0.25, 0.3) is 0 Å². The maximum atomic E-state index is 12.1. The lowest BCUT2D eigenvalue weighted by molar-refractivity contribution is -0.139. The molecule has 0 aliphatic carbocycles. The van der Waals surface area contributed by atoms with Gasteiger partial charge in [0, 0.05) is 13.7 Å². The Balaban J connectivity index is 1.86. The Morgan fingerprint density at radius 3 is 2.52 bits per heavy atom. The number of carboxylic acid groups (broad SMARTS) is 1. The van der Waals surface area contributed by atoms with Gasteiger partial charge < -0.3 is 19.9 Å². The van der Waals surface area contributed by atoms with Crippen molar-refractivity contribution in [3.63, 3.8) is 0 Å². The number of carbonyl (C=O) groups excluding carboxylic acids is 1. The standard InChI is InChI=1S/C19H21NO5/c1-24-12-16-6-2-4-14(8-16)10-18(21)20-11-15-5-3-7-17(9-15)25-13-19(22)23/h2-9H,10-13H2,1H3,(H,20,21)(H,22,23). The van der Waals surface area contributed by atoms with E-state index in [-0.39, 0.29) is 12.3 Å². The molecule has 25 heavy (non-hydrogen) atoms. The van der Waals surface area contributed by atoms with Gasteiger partial charge in [-0.25, -0.2) is 4.79 Å². The number of aliphatic carboxylic acids is 1. The number of hydrogen-bond acceptors (Lipinski definition) is 4. The molecule has 0 bridgehead atoms. The van der Waals surface area contributed by atoms with Gasteiger partial charge in [0.1, 0.15) is 5.75 Å². The van der Waals surface area contributed by atoms with Crippen LogP contribution in [0.15, 0.2) is 48.5 Å². The van der Waals surface area contributed by atoms with Gasteiger partial charge in [0.05, 0.1) is 13.0 Å². The van der Waals surface area contributed by atoms with Crippen molar-refractivity contribution < 1.29 is 24.2 Å². The number of carbonyl (C=O) groups is 2. The molecule has 2 N–H and O–H groups in total. The molecule has 0 radical (unpaired) electrons. The normalized spacial score (nSPS) is 10.3. The fraction of sp³-hybridized carbons (Fsp3) is 0.263. The van der Waals surface area contributed by atoms with E-state index in [1.165, 1.54) is 0 Å². The first-order valence-corrected chi connectivity index (χ1v) is 7.84. The summed E-state index contributed by atoms with van der Waals surface area (Å²) in [5, 5.41) is 11.5. The number of amides is 1. The molecule has 0 aliphatic heterocycles. The fourth-order valence-corrected chi connectivity index (χ4v) is 2.33. The van der Waals surface area contributed by atoms with Crippen LogP contribution >= 0.6 is 0 Å². The van der Waals surface area contributed by atoms with E-state index in [9.17, 15) is 9.59 Å². The first kappa shape index (κ1) is 18.5. The van der Waals surface area contributed by atoms with Crippen LogP contribution in [0.1, 0.15) is 16.7 Å². The Labute approximate surface area is 146 Å². The molecule has 0 aromatic heterocycles. The monoisotopic (exact) mass is 343 g/mol. The number of nitrogens with one attached hydrogen (secondary N) is 1. The highest BCUT2D eigenvalue weighted by Gasteiger charge is 2.06. The number of methoxy groups -OCH3 is 1. The number of ether oxygens (including phenoxy) is 2. The summed E-state index contributed by atoms with van der Waals surface area (Å²) in [5.41, 5.74) is 2.78. The van der Waals surface area contributed by atoms with Crippen LogP contribution < -0.4 is 10.1 Å². The average Bonchev–Trinajstić information content (AvgIpc) is 2.59. The van der Waals surface area contributed by atoms with E-state index < -0.39 is 12.6 Å². The van der Waals surface area contributed by atoms with Gasteiger partial charge in [-0.2, -0.15) is 0 Å². The smallest absolute Gasteiger partial charge is 0.341 e. The molecule has 0 spiro atoms. The molecule has 1 amide bonds. The zero-order chi connectivity index (χ0) is 18.1. The molecule has 6 heteroatoms. The highest BCUT2D eigenvalue weighted by Crippen LogP contribution is 2.13. The molecular weight excluding hydrogens is 322 g/mol. The summed E-state index contributed by atoms with van der Waals surface area (Å²) in [5.74, 6) is -0.665. The summed E-state index contributed by atoms with van der Waals surface area (Å²) in [6.45, 7) is 0.465. The Hall–Kier alpha value is -2.86. The van der Waals surface area contributed by atoms with Crippen LogP contribution in [0, 0.1) is 0 Å². The molecule has 0 aliphatic rings. The minimum atomic E-state index is -1.03. The second-order valence-corrected chi connectivity index (χ2v) is 5.54. The SMILES string of the molecule is COCc1cccc(CC(=O)NCc2cccc(OCC(=O)O)c2)c1. The first-order chi connectivity index (χ1) is 12.1. The Bertz CT molecular complexity index is 729. The Morgan fingerprint density at radius 2 is 1.76 bits per heavy atom. The van der Waals surface area contributed by atoms with Crippen molar-refractivity contribution in [1.82, 2.24) is 5.32 Å². The van der Waals surface area contributed by atoms with Gasteiger partial charge in [-0.15, -0.1) is 0 Å². The fourth-order valence-electron chi connectivity index (χ4n) is 2.33. The summed E-state index contributed by atoms with van der Waals surface area (Å²) in [6.07, 6.45) is 0.284. The van der Waals surface area contributed by atoms with Crippen LogP contribution in [0.2, 0.25) is 0 Å². The molecule has 0 saturated carbocycles. The third-order valence-electron chi connectivity index (χ3n) is 3.42. The van der Waals surface area contributed by atoms with Crippen molar-refractivity contribution in [2.75, 3.05) is 13.7 Å². The van der Waals surface area contributed by atoms with Gasteiger partial charge in [0.15, 0.2) is 6.61 Å². The van der Waals surface area contributed by atoms with Crippen LogP contribution in [0.3, 0.4) is 0 Å². The summed E-state index contributed by atoms with van der Waals surface area (Å²) >= 11 is 0. The van der Waals surface area contributed by atoms with E-state index in [0.29, 0.717) is 18.9 Å². The Kier molecular flexibility index (Phi) is 6.98. The second-order valence-electron chi connectivity index (χ2n) is 5.54. The highest BCUT2D eigenvalue weighted by atomic mass is 16.5. The highest BCUT2D eigenvalue weighted by molar-refractivity contribution is 5.78. The van der Waals surface area contributed by atoms with E-state index in [1.807, 2.05) is 30.3 Å². The van der Waals surface area contributed by atoms with E-state index >= 15 is 0 Å². The molecular formula is C19H21NO5. The van der Waals surface area contributed by atoms with Gasteiger partial charge in [-0.05, 0) is 28.8 Å². The van der Waals surface area contributed by atoms with Crippen molar-refractivity contribution in [2.45, 2.75) is 19.6 Å². The number of rotatable bonds is 9. The van der Waals surface area contributed by atoms with Crippen molar-refractivity contribution in [1.29, 1.82) is 0 Å². The Morgan fingerprint density at radius 1 is 1.04 bits per heavy atom. The molecule has 132 valence electrons. The van der Waals surface area contributed by atoms with Gasteiger partial charge in [-0.1, -0.05) is 36.4 Å². The lowest BCUT2D eigenvalue weighted by atomic mass is 10.1. The number of carboxylic acids is 1. The minimum Gasteiger partial charge on any atom is -0.482 e. The van der Waals surface area contributed by atoms with E-state index in [1.54, 1.807) is 25.3 Å². The van der Waals surface area contributed by atoms with Crippen molar-refractivity contribution >= 4 is 11.9 Å². The zero-order valence-corrected chi connectivity index (χ0v) is 14.0. The molecule has 0 heterocycles. The first-order valence-electron chi connectivity index (χ1n) is 7.84. The molecule has 0 atom stereocenters. The van der Waals surface area contributed by atoms with Crippen LogP contribution in [0.5, 0.6) is 5.75 Å². The second kappa shape index (κ2) is 9.44. The van der Waals surface area contributed by atoms with Crippen LogP contribution in [-0.4, -0.2) is 30.7 Å². The number of benzene rings is 2. The largest absolute Gasteiger partial charge is 0.482 e. The van der Waals surface area contributed by atoms with Crippen molar-refractivity contribution in [2.24, 2.45) is 0 Å². The number of hydrogen-bond donors (Lipinski definition) is 2. The lowest BCUT2D eigenvalue weighted by Crippen LogP contribution is -2.24. The zero-order valence-electron chi connectivity index (χ0n) is 14.0. The third kappa shape index (κ3) is 6.64. The van der Waals surface area contributed by atoms with E-state index in [0.717, 1.165) is 16.7 Å². The topological polar surface area (TPSA) is 84.9 Å². The van der Waals surface area contributed by atoms with Crippen LogP contribution in [0.4, 0.5) is 0 Å². The molecule has 0 unspecified atom stereocenters. The van der Waals surface area contributed by atoms with Crippen molar-refractivity contribution in [3.8, 4) is 5.75 Å². The predicted molar refractivity (Wildman–Crippen MR) is 92.3 cm³/mol. The molecule has 0 fully saturated rings. The van der Waals surface area contributed by atoms with E-state index in [2.05, 4.69) is 5.32 Å². The predicted octanol–water partition coefficient (Wildman–Crippen LogP) is 2.16. The summed E-state index contributed by atoms with van der Waals surface area (Å²) < 4.78 is 10.2. The van der Waals surface area contributed by atoms with Crippen LogP contribution in [-0.2, 0) is 33.9 Å². The van der Waals surface area contributed by atoms with E-state index in [4.69, 9.17) is 14.6 Å². The van der Waals surface area contributed by atoms with Crippen molar-refractivity contribution in [3.05, 3.63) is 65.2 Å². The molecule has 2 aromatic rings. The quantitative estimate of drug-likeness (QED) is 0.729. The lowest BCUT2D eigenvalue weighted by Gasteiger charge is -2.09. The summed E-state index contributed by atoms with van der Waals surface area (Å²) in [7, 11) is 1.63. The summed E-state index contributed by atoms with van der Waals surface area (Å²) in [4.78, 5) is 22.6. The molecule has 6 nitrogen and oxygen atoms in total. The molecule has 0 saturated heterocycles. The molecule has 2 aromatic carbocycles. The summed E-state index contributed by atoms with van der Waals surface area (Å²) in [6, 6.07) is 14.7. The third-order valence-corrected chi connectivity index (χ3v) is 3.42. The minimum absolute atomic E-state index is 0.0913. The van der Waals surface area contributed by atoms with Gasteiger partial charge in [-0.3, -0.25) is 4.79 Å².